The topological polar surface area (TPSA) is 71.2 Å². The molecule has 1 saturated heterocycles. The molecule has 128 valence electrons. The molecular weight excluding hydrogens is 328 g/mol. The van der Waals surface area contributed by atoms with Gasteiger partial charge in [-0.15, -0.1) is 5.10 Å². The number of hydrogen-bond acceptors (Lipinski definition) is 4. The van der Waals surface area contributed by atoms with Crippen molar-refractivity contribution in [2.75, 3.05) is 13.1 Å². The van der Waals surface area contributed by atoms with Gasteiger partial charge in [0.25, 0.3) is 0 Å². The van der Waals surface area contributed by atoms with Crippen LogP contribution in [0.4, 0.5) is 0 Å². The van der Waals surface area contributed by atoms with E-state index < -0.39 is 5.60 Å². The predicted octanol–water partition coefficient (Wildman–Crippen LogP) is 1.92. The van der Waals surface area contributed by atoms with Gasteiger partial charge in [0, 0.05) is 24.2 Å². The number of likely N-dealkylation sites (tertiary alicyclic amines) is 1. The molecule has 1 amide bonds. The number of carbonyl (C=O) groups excluding carboxylic acids is 1. The van der Waals surface area contributed by atoms with E-state index in [1.807, 2.05) is 24.3 Å². The first kappa shape index (κ1) is 16.9. The summed E-state index contributed by atoms with van der Waals surface area (Å²) in [6.07, 6.45) is 5.86. The van der Waals surface area contributed by atoms with E-state index in [1.54, 1.807) is 22.0 Å². The van der Waals surface area contributed by atoms with Crippen molar-refractivity contribution >= 4 is 17.5 Å². The second-order valence-corrected chi connectivity index (χ2v) is 6.81. The van der Waals surface area contributed by atoms with Gasteiger partial charge in [0.1, 0.15) is 5.60 Å². The number of amides is 1. The van der Waals surface area contributed by atoms with Crippen molar-refractivity contribution in [3.63, 3.8) is 0 Å². The zero-order chi connectivity index (χ0) is 17.0. The molecule has 7 heteroatoms. The summed E-state index contributed by atoms with van der Waals surface area (Å²) < 4.78 is 1.61. The molecule has 0 saturated carbocycles. The summed E-state index contributed by atoms with van der Waals surface area (Å²) in [5.74, 6) is 0.0710. The third-order valence-electron chi connectivity index (χ3n) is 4.38. The van der Waals surface area contributed by atoms with Gasteiger partial charge in [-0.1, -0.05) is 28.9 Å². The molecule has 1 fully saturated rings. The molecular formula is C17H21ClN4O2. The smallest absolute Gasteiger partial charge is 0.223 e. The minimum Gasteiger partial charge on any atom is -0.386 e. The molecule has 1 aliphatic rings. The fraction of sp³-hybridized carbons (Fsp3) is 0.471. The van der Waals surface area contributed by atoms with Crippen LogP contribution in [0.2, 0.25) is 5.02 Å². The number of hydrogen-bond donors (Lipinski definition) is 1. The van der Waals surface area contributed by atoms with Crippen molar-refractivity contribution in [3.8, 4) is 0 Å². The first-order chi connectivity index (χ1) is 11.5. The maximum atomic E-state index is 12.5. The largest absolute Gasteiger partial charge is 0.386 e. The Labute approximate surface area is 146 Å². The number of piperidine rings is 1. The average molecular weight is 349 g/mol. The molecule has 0 bridgehead atoms. The van der Waals surface area contributed by atoms with E-state index in [1.165, 1.54) is 0 Å². The Kier molecular flexibility index (Phi) is 5.16. The molecule has 0 spiro atoms. The normalized spacial score (nSPS) is 21.0. The molecule has 24 heavy (non-hydrogen) atoms. The van der Waals surface area contributed by atoms with Crippen molar-refractivity contribution in [1.82, 2.24) is 19.9 Å². The van der Waals surface area contributed by atoms with Gasteiger partial charge in [0.2, 0.25) is 5.91 Å². The van der Waals surface area contributed by atoms with Crippen molar-refractivity contribution in [2.45, 2.75) is 37.8 Å². The number of aromatic nitrogens is 3. The Hall–Kier alpha value is -1.92. The van der Waals surface area contributed by atoms with Crippen LogP contribution in [0.1, 0.15) is 24.8 Å². The first-order valence-corrected chi connectivity index (χ1v) is 8.51. The number of rotatable bonds is 5. The van der Waals surface area contributed by atoms with Gasteiger partial charge in [-0.2, -0.15) is 0 Å². The summed E-state index contributed by atoms with van der Waals surface area (Å²) in [4.78, 5) is 14.2. The molecule has 2 heterocycles. The van der Waals surface area contributed by atoms with E-state index in [2.05, 4.69) is 10.3 Å². The fourth-order valence-electron chi connectivity index (χ4n) is 3.13. The van der Waals surface area contributed by atoms with E-state index in [0.717, 1.165) is 12.0 Å². The van der Waals surface area contributed by atoms with Gasteiger partial charge >= 0.3 is 0 Å². The van der Waals surface area contributed by atoms with E-state index in [4.69, 9.17) is 11.6 Å². The summed E-state index contributed by atoms with van der Waals surface area (Å²) in [5, 5.41) is 19.1. The highest BCUT2D eigenvalue weighted by atomic mass is 35.5. The minimum absolute atomic E-state index is 0.0710. The molecule has 1 aromatic carbocycles. The lowest BCUT2D eigenvalue weighted by atomic mass is 9.92. The second kappa shape index (κ2) is 7.32. The molecule has 1 aliphatic heterocycles. The average Bonchev–Trinajstić information content (AvgIpc) is 3.06. The number of β-amino-alcohol motifs (C(OH)–C–C–N with tert-alkyl or cyclic N) is 1. The molecule has 0 aliphatic carbocycles. The Morgan fingerprint density at radius 2 is 2.12 bits per heavy atom. The van der Waals surface area contributed by atoms with Crippen molar-refractivity contribution in [3.05, 3.63) is 47.2 Å². The van der Waals surface area contributed by atoms with Gasteiger partial charge in [-0.3, -0.25) is 4.79 Å². The third-order valence-corrected chi connectivity index (χ3v) is 4.63. The van der Waals surface area contributed by atoms with Crippen molar-refractivity contribution in [2.24, 2.45) is 0 Å². The number of benzene rings is 1. The maximum absolute atomic E-state index is 12.5. The van der Waals surface area contributed by atoms with Crippen LogP contribution in [-0.2, 0) is 17.8 Å². The monoisotopic (exact) mass is 348 g/mol. The number of carbonyl (C=O) groups is 1. The van der Waals surface area contributed by atoms with E-state index in [0.29, 0.717) is 43.9 Å². The molecule has 3 rings (SSSR count). The third kappa shape index (κ3) is 4.33. The minimum atomic E-state index is -0.943. The molecule has 6 nitrogen and oxygen atoms in total. The number of nitrogens with zero attached hydrogens (tertiary/aromatic N) is 4. The zero-order valence-corrected chi connectivity index (χ0v) is 14.2. The highest BCUT2D eigenvalue weighted by molar-refractivity contribution is 6.30. The van der Waals surface area contributed by atoms with Crippen molar-refractivity contribution < 1.29 is 9.90 Å². The highest BCUT2D eigenvalue weighted by Crippen LogP contribution is 2.23. The molecule has 2 aromatic rings. The Morgan fingerprint density at radius 3 is 2.83 bits per heavy atom. The van der Waals surface area contributed by atoms with Crippen LogP contribution in [0.3, 0.4) is 0 Å². The molecule has 1 unspecified atom stereocenters. The van der Waals surface area contributed by atoms with Crippen LogP contribution in [0.15, 0.2) is 36.7 Å². The predicted molar refractivity (Wildman–Crippen MR) is 90.6 cm³/mol. The summed E-state index contributed by atoms with van der Waals surface area (Å²) in [6.45, 7) is 1.39. The number of aliphatic hydroxyl groups is 1. The van der Waals surface area contributed by atoms with E-state index in [9.17, 15) is 9.90 Å². The van der Waals surface area contributed by atoms with Crippen LogP contribution in [0, 0.1) is 0 Å². The second-order valence-electron chi connectivity index (χ2n) is 6.37. The van der Waals surface area contributed by atoms with Gasteiger partial charge in [0.15, 0.2) is 0 Å². The van der Waals surface area contributed by atoms with Crippen molar-refractivity contribution in [1.29, 1.82) is 0 Å². The Balaban J connectivity index is 1.55. The van der Waals surface area contributed by atoms with E-state index in [-0.39, 0.29) is 5.91 Å². The summed E-state index contributed by atoms with van der Waals surface area (Å²) in [6, 6.07) is 7.54. The van der Waals surface area contributed by atoms with Crippen LogP contribution in [-0.4, -0.2) is 49.6 Å². The van der Waals surface area contributed by atoms with Gasteiger partial charge in [-0.25, -0.2) is 4.68 Å². The van der Waals surface area contributed by atoms with Gasteiger partial charge < -0.3 is 10.0 Å². The van der Waals surface area contributed by atoms with Gasteiger partial charge in [-0.05, 0) is 37.0 Å². The maximum Gasteiger partial charge on any atom is 0.223 e. The molecule has 1 aromatic heterocycles. The highest BCUT2D eigenvalue weighted by Gasteiger charge is 2.35. The fourth-order valence-corrected chi connectivity index (χ4v) is 3.26. The lowest BCUT2D eigenvalue weighted by molar-refractivity contribution is -0.139. The van der Waals surface area contributed by atoms with E-state index >= 15 is 0 Å². The molecule has 1 N–H and O–H groups in total. The number of aryl methyl sites for hydroxylation is 1. The van der Waals surface area contributed by atoms with Crippen LogP contribution in [0.25, 0.3) is 0 Å². The van der Waals surface area contributed by atoms with Crippen LogP contribution < -0.4 is 0 Å². The lowest BCUT2D eigenvalue weighted by Crippen LogP contribution is -2.52. The zero-order valence-electron chi connectivity index (χ0n) is 13.4. The summed E-state index contributed by atoms with van der Waals surface area (Å²) in [5.41, 5.74) is 0.143. The Bertz CT molecular complexity index is 674. The quantitative estimate of drug-likeness (QED) is 0.896. The SMILES string of the molecule is O=C(CCc1ccc(Cl)cc1)N1CCCC(O)(Cn2ccnn2)C1. The summed E-state index contributed by atoms with van der Waals surface area (Å²) in [7, 11) is 0. The Morgan fingerprint density at radius 1 is 1.33 bits per heavy atom. The van der Waals surface area contributed by atoms with Gasteiger partial charge in [0.05, 0.1) is 19.3 Å². The molecule has 1 atom stereocenters. The number of halogens is 1. The lowest BCUT2D eigenvalue weighted by Gasteiger charge is -2.39. The molecule has 0 radical (unpaired) electrons. The first-order valence-electron chi connectivity index (χ1n) is 8.13. The standard InChI is InChI=1S/C17H21ClN4O2/c18-15-5-2-14(3-6-15)4-7-16(23)21-10-1-8-17(24,12-21)13-22-11-9-19-20-22/h2-3,5-6,9,11,24H,1,4,7-8,10,12-13H2. The van der Waals surface area contributed by atoms with Crippen LogP contribution >= 0.6 is 11.6 Å². The summed E-state index contributed by atoms with van der Waals surface area (Å²) >= 11 is 5.87. The van der Waals surface area contributed by atoms with Crippen LogP contribution in [0.5, 0.6) is 0 Å².